The molecule has 0 radical (unpaired) electrons. The van der Waals surface area contributed by atoms with Gasteiger partial charge >= 0.3 is 0 Å². The van der Waals surface area contributed by atoms with Crippen molar-refractivity contribution in [2.75, 3.05) is 26.9 Å². The smallest absolute Gasteiger partial charge is 0.175 e. The maximum atomic E-state index is 8.79. The molecule has 0 fully saturated rings. The standard InChI is InChI=1S/C9H17NO3/c1-4-12-9(13-5-2)8(6-10)7-11-3/h8-9H,4-5,7H2,1-3H3. The first-order chi connectivity index (χ1) is 6.29. The number of ether oxygens (including phenoxy) is 3. The minimum atomic E-state index is -0.472. The molecule has 76 valence electrons. The summed E-state index contributed by atoms with van der Waals surface area (Å²) in [6.07, 6.45) is -0.472. The SMILES string of the molecule is CCOC(OCC)C(C#N)COC. The van der Waals surface area contributed by atoms with E-state index in [1.807, 2.05) is 13.8 Å². The molecule has 13 heavy (non-hydrogen) atoms. The van der Waals surface area contributed by atoms with E-state index in [0.29, 0.717) is 19.8 Å². The van der Waals surface area contributed by atoms with Crippen molar-refractivity contribution in [2.45, 2.75) is 20.1 Å². The quantitative estimate of drug-likeness (QED) is 0.561. The Morgan fingerprint density at radius 1 is 1.23 bits per heavy atom. The molecule has 0 saturated carbocycles. The molecule has 0 amide bonds. The number of nitriles is 1. The van der Waals surface area contributed by atoms with Gasteiger partial charge in [0, 0.05) is 20.3 Å². The summed E-state index contributed by atoms with van der Waals surface area (Å²) in [6.45, 7) is 5.14. The molecule has 0 aliphatic rings. The number of rotatable bonds is 7. The number of nitrogens with zero attached hydrogens (tertiary/aromatic N) is 1. The second-order valence-corrected chi connectivity index (χ2v) is 2.47. The van der Waals surface area contributed by atoms with Gasteiger partial charge in [0.2, 0.25) is 0 Å². The molecule has 4 heteroatoms. The molecule has 0 rings (SSSR count). The molecule has 0 bridgehead atoms. The van der Waals surface area contributed by atoms with Crippen LogP contribution in [0, 0.1) is 17.2 Å². The van der Waals surface area contributed by atoms with Crippen molar-refractivity contribution in [3.05, 3.63) is 0 Å². The maximum Gasteiger partial charge on any atom is 0.175 e. The van der Waals surface area contributed by atoms with Crippen molar-refractivity contribution in [1.82, 2.24) is 0 Å². The second-order valence-electron chi connectivity index (χ2n) is 2.47. The van der Waals surface area contributed by atoms with Crippen molar-refractivity contribution in [3.8, 4) is 6.07 Å². The van der Waals surface area contributed by atoms with Crippen LogP contribution in [0.4, 0.5) is 0 Å². The summed E-state index contributed by atoms with van der Waals surface area (Å²) >= 11 is 0. The Kier molecular flexibility index (Phi) is 7.60. The van der Waals surface area contributed by atoms with Crippen LogP contribution in [0.5, 0.6) is 0 Å². The lowest BCUT2D eigenvalue weighted by atomic mass is 10.2. The third-order valence-electron chi connectivity index (χ3n) is 1.50. The molecule has 0 spiro atoms. The fraction of sp³-hybridized carbons (Fsp3) is 0.889. The number of methoxy groups -OCH3 is 1. The third-order valence-corrected chi connectivity index (χ3v) is 1.50. The van der Waals surface area contributed by atoms with E-state index >= 15 is 0 Å². The summed E-state index contributed by atoms with van der Waals surface area (Å²) in [5, 5.41) is 8.79. The predicted molar refractivity (Wildman–Crippen MR) is 48.0 cm³/mol. The van der Waals surface area contributed by atoms with Crippen molar-refractivity contribution < 1.29 is 14.2 Å². The van der Waals surface area contributed by atoms with Crippen LogP contribution in [0.2, 0.25) is 0 Å². The van der Waals surface area contributed by atoms with Gasteiger partial charge in [0.15, 0.2) is 6.29 Å². The molecule has 0 aromatic rings. The molecule has 0 saturated heterocycles. The highest BCUT2D eigenvalue weighted by Crippen LogP contribution is 2.09. The maximum absolute atomic E-state index is 8.79. The zero-order valence-electron chi connectivity index (χ0n) is 8.45. The third kappa shape index (κ3) is 4.83. The van der Waals surface area contributed by atoms with Gasteiger partial charge in [-0.2, -0.15) is 5.26 Å². The lowest BCUT2D eigenvalue weighted by Gasteiger charge is -2.20. The molecule has 0 aromatic heterocycles. The van der Waals surface area contributed by atoms with Crippen LogP contribution >= 0.6 is 0 Å². The van der Waals surface area contributed by atoms with Crippen LogP contribution in [0.3, 0.4) is 0 Å². The Hall–Kier alpha value is -0.630. The Balaban J connectivity index is 4.05. The average molecular weight is 187 g/mol. The molecule has 1 atom stereocenters. The highest BCUT2D eigenvalue weighted by Gasteiger charge is 2.21. The van der Waals surface area contributed by atoms with Crippen LogP contribution in [0.15, 0.2) is 0 Å². The monoisotopic (exact) mass is 187 g/mol. The first kappa shape index (κ1) is 12.4. The van der Waals surface area contributed by atoms with Crippen LogP contribution in [0.25, 0.3) is 0 Å². The van der Waals surface area contributed by atoms with Gasteiger partial charge in [-0.3, -0.25) is 0 Å². The van der Waals surface area contributed by atoms with Gasteiger partial charge in [0.1, 0.15) is 5.92 Å². The van der Waals surface area contributed by atoms with E-state index < -0.39 is 6.29 Å². The molecule has 0 heterocycles. The van der Waals surface area contributed by atoms with Gasteiger partial charge in [-0.1, -0.05) is 0 Å². The summed E-state index contributed by atoms with van der Waals surface area (Å²) in [7, 11) is 1.55. The highest BCUT2D eigenvalue weighted by atomic mass is 16.7. The van der Waals surface area contributed by atoms with Gasteiger partial charge in [-0.15, -0.1) is 0 Å². The van der Waals surface area contributed by atoms with Gasteiger partial charge in [0.05, 0.1) is 12.7 Å². The van der Waals surface area contributed by atoms with Crippen LogP contribution in [0.1, 0.15) is 13.8 Å². The Morgan fingerprint density at radius 2 is 1.77 bits per heavy atom. The summed E-state index contributed by atoms with van der Waals surface area (Å²) in [4.78, 5) is 0. The van der Waals surface area contributed by atoms with E-state index in [2.05, 4.69) is 6.07 Å². The minimum Gasteiger partial charge on any atom is -0.383 e. The Morgan fingerprint density at radius 3 is 2.08 bits per heavy atom. The van der Waals surface area contributed by atoms with E-state index in [1.165, 1.54) is 0 Å². The van der Waals surface area contributed by atoms with Gasteiger partial charge in [-0.05, 0) is 13.8 Å². The average Bonchev–Trinajstić information content (AvgIpc) is 2.14. The van der Waals surface area contributed by atoms with Crippen molar-refractivity contribution >= 4 is 0 Å². The number of hydrogen-bond acceptors (Lipinski definition) is 4. The van der Waals surface area contributed by atoms with Gasteiger partial charge in [0.25, 0.3) is 0 Å². The lowest BCUT2D eigenvalue weighted by molar-refractivity contribution is -0.163. The molecule has 0 N–H and O–H groups in total. The zero-order chi connectivity index (χ0) is 10.1. The number of hydrogen-bond donors (Lipinski definition) is 0. The van der Waals surface area contributed by atoms with Crippen LogP contribution in [-0.2, 0) is 14.2 Å². The molecule has 0 aliphatic heterocycles. The lowest BCUT2D eigenvalue weighted by Crippen LogP contribution is -2.29. The van der Waals surface area contributed by atoms with E-state index in [1.54, 1.807) is 7.11 Å². The highest BCUT2D eigenvalue weighted by molar-refractivity contribution is 4.85. The normalized spacial score (nSPS) is 12.8. The summed E-state index contributed by atoms with van der Waals surface area (Å²) in [6, 6.07) is 2.10. The largest absolute Gasteiger partial charge is 0.383 e. The van der Waals surface area contributed by atoms with Crippen molar-refractivity contribution in [2.24, 2.45) is 5.92 Å². The molecule has 4 nitrogen and oxygen atoms in total. The fourth-order valence-electron chi connectivity index (χ4n) is 0.965. The Labute approximate surface area is 79.4 Å². The summed E-state index contributed by atoms with van der Waals surface area (Å²) in [5.74, 6) is -0.357. The van der Waals surface area contributed by atoms with Crippen LogP contribution < -0.4 is 0 Å². The van der Waals surface area contributed by atoms with E-state index in [9.17, 15) is 0 Å². The second kappa shape index (κ2) is 7.99. The summed E-state index contributed by atoms with van der Waals surface area (Å²) in [5.41, 5.74) is 0. The van der Waals surface area contributed by atoms with Gasteiger partial charge < -0.3 is 14.2 Å². The predicted octanol–water partition coefficient (Wildman–Crippen LogP) is 1.17. The van der Waals surface area contributed by atoms with E-state index in [-0.39, 0.29) is 5.92 Å². The first-order valence-corrected chi connectivity index (χ1v) is 4.41. The van der Waals surface area contributed by atoms with Crippen molar-refractivity contribution in [3.63, 3.8) is 0 Å². The topological polar surface area (TPSA) is 51.5 Å². The molecular formula is C9H17NO3. The van der Waals surface area contributed by atoms with E-state index in [4.69, 9.17) is 19.5 Å². The van der Waals surface area contributed by atoms with Crippen molar-refractivity contribution in [1.29, 1.82) is 5.26 Å². The zero-order valence-corrected chi connectivity index (χ0v) is 8.45. The first-order valence-electron chi connectivity index (χ1n) is 4.41. The molecule has 1 unspecified atom stereocenters. The molecule has 0 aliphatic carbocycles. The molecule has 0 aromatic carbocycles. The fourth-order valence-corrected chi connectivity index (χ4v) is 0.965. The van der Waals surface area contributed by atoms with E-state index in [0.717, 1.165) is 0 Å². The molecular weight excluding hydrogens is 170 g/mol. The Bertz CT molecular complexity index is 149. The van der Waals surface area contributed by atoms with Crippen LogP contribution in [-0.4, -0.2) is 33.2 Å². The van der Waals surface area contributed by atoms with Gasteiger partial charge in [-0.25, -0.2) is 0 Å². The minimum absolute atomic E-state index is 0.334. The summed E-state index contributed by atoms with van der Waals surface area (Å²) < 4.78 is 15.4.